The Morgan fingerprint density at radius 1 is 0.690 bits per heavy atom. The van der Waals surface area contributed by atoms with E-state index in [4.69, 9.17) is 0 Å². The van der Waals surface area contributed by atoms with Crippen LogP contribution in [-0.4, -0.2) is 38.0 Å². The first-order valence-corrected chi connectivity index (χ1v) is 8.90. The van der Waals surface area contributed by atoms with Gasteiger partial charge in [-0.1, -0.05) is 24.3 Å². The van der Waals surface area contributed by atoms with Gasteiger partial charge >= 0.3 is 11.9 Å². The van der Waals surface area contributed by atoms with Gasteiger partial charge in [-0.3, -0.25) is 9.59 Å². The molecular weight excluding hydrogens is 376 g/mol. The van der Waals surface area contributed by atoms with Crippen molar-refractivity contribution in [2.75, 3.05) is 24.9 Å². The third-order valence-corrected chi connectivity index (χ3v) is 4.02. The summed E-state index contributed by atoms with van der Waals surface area (Å²) in [4.78, 5) is 47.7. The Morgan fingerprint density at radius 3 is 1.45 bits per heavy atom. The highest BCUT2D eigenvalue weighted by molar-refractivity contribution is 6.02. The molecule has 2 N–H and O–H groups in total. The number of ether oxygens (including phenoxy) is 2. The van der Waals surface area contributed by atoms with E-state index >= 15 is 0 Å². The molecule has 2 aromatic rings. The fourth-order valence-electron chi connectivity index (χ4n) is 2.60. The van der Waals surface area contributed by atoms with E-state index in [2.05, 4.69) is 20.1 Å². The fraction of sp³-hybridized carbons (Fsp3) is 0.238. The summed E-state index contributed by atoms with van der Waals surface area (Å²) in [5.41, 5.74) is 1.20. The van der Waals surface area contributed by atoms with E-state index in [0.29, 0.717) is 17.8 Å². The molecule has 0 radical (unpaired) electrons. The van der Waals surface area contributed by atoms with Gasteiger partial charge in [0.25, 0.3) is 0 Å². The molecule has 2 rings (SSSR count). The molecule has 0 aromatic heterocycles. The molecule has 0 aliphatic rings. The number of esters is 2. The normalized spacial score (nSPS) is 10.0. The predicted molar refractivity (Wildman–Crippen MR) is 107 cm³/mol. The third kappa shape index (κ3) is 6.17. The molecule has 2 aromatic carbocycles. The van der Waals surface area contributed by atoms with Gasteiger partial charge in [-0.25, -0.2) is 9.59 Å². The second-order valence-corrected chi connectivity index (χ2v) is 6.02. The monoisotopic (exact) mass is 398 g/mol. The summed E-state index contributed by atoms with van der Waals surface area (Å²) in [6.45, 7) is 0. The van der Waals surface area contributed by atoms with Gasteiger partial charge in [-0.05, 0) is 30.7 Å². The highest BCUT2D eigenvalue weighted by atomic mass is 16.5. The van der Waals surface area contributed by atoms with Gasteiger partial charge in [0.05, 0.1) is 36.7 Å². The lowest BCUT2D eigenvalue weighted by Gasteiger charge is -2.10. The molecule has 2 amide bonds. The molecule has 29 heavy (non-hydrogen) atoms. The molecule has 0 unspecified atom stereocenters. The molecule has 0 aliphatic heterocycles. The maximum atomic E-state index is 12.1. The van der Waals surface area contributed by atoms with Crippen LogP contribution < -0.4 is 10.6 Å². The fourth-order valence-corrected chi connectivity index (χ4v) is 2.60. The largest absolute Gasteiger partial charge is 0.465 e. The van der Waals surface area contributed by atoms with Crippen molar-refractivity contribution in [3.63, 3.8) is 0 Å². The molecule has 0 heterocycles. The number of carbonyl (C=O) groups is 4. The molecule has 8 heteroatoms. The van der Waals surface area contributed by atoms with Crippen LogP contribution in [0.15, 0.2) is 48.5 Å². The first-order chi connectivity index (χ1) is 14.0. The Bertz CT molecular complexity index is 836. The van der Waals surface area contributed by atoms with Crippen LogP contribution in [0.4, 0.5) is 11.4 Å². The zero-order valence-corrected chi connectivity index (χ0v) is 16.2. The standard InChI is InChI=1S/C21H22N2O6/c1-28-20(26)14-8-3-5-10-16(14)22-18(24)12-7-13-19(25)23-17-11-6-4-9-15(17)21(27)29-2/h3-6,8-11H,7,12-13H2,1-2H3,(H,22,24)(H,23,25). The minimum Gasteiger partial charge on any atom is -0.465 e. The molecule has 0 aliphatic carbocycles. The van der Waals surface area contributed by atoms with Crippen LogP contribution in [0, 0.1) is 0 Å². The molecule has 8 nitrogen and oxygen atoms in total. The van der Waals surface area contributed by atoms with Gasteiger partial charge in [0.1, 0.15) is 0 Å². The van der Waals surface area contributed by atoms with Gasteiger partial charge in [-0.15, -0.1) is 0 Å². The lowest BCUT2D eigenvalue weighted by molar-refractivity contribution is -0.117. The Hall–Kier alpha value is -3.68. The van der Waals surface area contributed by atoms with Gasteiger partial charge in [0.15, 0.2) is 0 Å². The number of carbonyl (C=O) groups excluding carboxylic acids is 4. The van der Waals surface area contributed by atoms with Crippen LogP contribution in [0.25, 0.3) is 0 Å². The number of rotatable bonds is 8. The molecule has 0 saturated heterocycles. The average molecular weight is 398 g/mol. The van der Waals surface area contributed by atoms with Crippen molar-refractivity contribution in [2.45, 2.75) is 19.3 Å². The first-order valence-electron chi connectivity index (χ1n) is 8.90. The Balaban J connectivity index is 1.86. The molecular formula is C21H22N2O6. The smallest absolute Gasteiger partial charge is 0.339 e. The second kappa shape index (κ2) is 10.6. The Labute approximate surface area is 168 Å². The van der Waals surface area contributed by atoms with Gasteiger partial charge in [0.2, 0.25) is 11.8 Å². The van der Waals surface area contributed by atoms with E-state index in [0.717, 1.165) is 0 Å². The number of hydrogen-bond acceptors (Lipinski definition) is 6. The van der Waals surface area contributed by atoms with Gasteiger partial charge in [-0.2, -0.15) is 0 Å². The number of anilines is 2. The van der Waals surface area contributed by atoms with E-state index in [9.17, 15) is 19.2 Å². The SMILES string of the molecule is COC(=O)c1ccccc1NC(=O)CCCC(=O)Nc1ccccc1C(=O)OC. The highest BCUT2D eigenvalue weighted by Crippen LogP contribution is 2.18. The highest BCUT2D eigenvalue weighted by Gasteiger charge is 2.15. The third-order valence-electron chi connectivity index (χ3n) is 4.02. The second-order valence-electron chi connectivity index (χ2n) is 6.02. The first kappa shape index (κ1) is 21.6. The number of methoxy groups -OCH3 is 2. The van der Waals surface area contributed by atoms with Crippen molar-refractivity contribution in [3.8, 4) is 0 Å². The molecule has 0 saturated carbocycles. The lowest BCUT2D eigenvalue weighted by Crippen LogP contribution is -2.17. The van der Waals surface area contributed by atoms with Gasteiger partial charge in [0, 0.05) is 12.8 Å². The molecule has 0 fully saturated rings. The summed E-state index contributed by atoms with van der Waals surface area (Å²) in [6.07, 6.45) is 0.460. The summed E-state index contributed by atoms with van der Waals surface area (Å²) in [5, 5.41) is 5.30. The van der Waals surface area contributed by atoms with Crippen LogP contribution in [0.1, 0.15) is 40.0 Å². The molecule has 0 spiro atoms. The molecule has 152 valence electrons. The van der Waals surface area contributed by atoms with E-state index in [1.54, 1.807) is 48.5 Å². The summed E-state index contributed by atoms with van der Waals surface area (Å²) in [7, 11) is 2.52. The quantitative estimate of drug-likeness (QED) is 0.662. The summed E-state index contributed by atoms with van der Waals surface area (Å²) < 4.78 is 9.37. The average Bonchev–Trinajstić information content (AvgIpc) is 2.73. The van der Waals surface area contributed by atoms with Crippen molar-refractivity contribution in [1.29, 1.82) is 0 Å². The summed E-state index contributed by atoms with van der Waals surface area (Å²) >= 11 is 0. The predicted octanol–water partition coefficient (Wildman–Crippen LogP) is 3.01. The van der Waals surface area contributed by atoms with E-state index in [1.165, 1.54) is 14.2 Å². The van der Waals surface area contributed by atoms with Crippen LogP contribution >= 0.6 is 0 Å². The zero-order valence-electron chi connectivity index (χ0n) is 16.2. The van der Waals surface area contributed by atoms with Gasteiger partial charge < -0.3 is 20.1 Å². The minimum atomic E-state index is -0.551. The van der Waals surface area contributed by atoms with Crippen LogP contribution in [-0.2, 0) is 19.1 Å². The minimum absolute atomic E-state index is 0.0849. The Kier molecular flexibility index (Phi) is 7.90. The van der Waals surface area contributed by atoms with Crippen molar-refractivity contribution in [1.82, 2.24) is 0 Å². The van der Waals surface area contributed by atoms with Crippen molar-refractivity contribution < 1.29 is 28.7 Å². The van der Waals surface area contributed by atoms with Crippen LogP contribution in [0.5, 0.6) is 0 Å². The molecule has 0 atom stereocenters. The maximum absolute atomic E-state index is 12.1. The summed E-state index contributed by atoms with van der Waals surface area (Å²) in [6, 6.07) is 13.0. The van der Waals surface area contributed by atoms with Crippen molar-refractivity contribution in [2.24, 2.45) is 0 Å². The maximum Gasteiger partial charge on any atom is 0.339 e. The van der Waals surface area contributed by atoms with E-state index in [-0.39, 0.29) is 35.8 Å². The van der Waals surface area contributed by atoms with Crippen molar-refractivity contribution in [3.05, 3.63) is 59.7 Å². The summed E-state index contributed by atoms with van der Waals surface area (Å²) in [5.74, 6) is -1.76. The number of hydrogen-bond donors (Lipinski definition) is 2. The van der Waals surface area contributed by atoms with Crippen molar-refractivity contribution >= 4 is 35.1 Å². The Morgan fingerprint density at radius 2 is 1.07 bits per heavy atom. The zero-order chi connectivity index (χ0) is 21.2. The molecule has 0 bridgehead atoms. The number of nitrogens with one attached hydrogen (secondary N) is 2. The topological polar surface area (TPSA) is 111 Å². The van der Waals surface area contributed by atoms with Crippen LogP contribution in [0.3, 0.4) is 0 Å². The van der Waals surface area contributed by atoms with Crippen LogP contribution in [0.2, 0.25) is 0 Å². The lowest BCUT2D eigenvalue weighted by atomic mass is 10.1. The number of benzene rings is 2. The van der Waals surface area contributed by atoms with E-state index in [1.807, 2.05) is 0 Å². The van der Waals surface area contributed by atoms with E-state index < -0.39 is 11.9 Å². The number of para-hydroxylation sites is 2. The number of amides is 2.